The summed E-state index contributed by atoms with van der Waals surface area (Å²) in [5.74, 6) is 0.923. The number of carbonyl (C=O) groups excluding carboxylic acids is 1. The minimum atomic E-state index is -0.708. The Morgan fingerprint density at radius 1 is 0.950 bits per heavy atom. The molecule has 8 nitrogen and oxygen atoms in total. The van der Waals surface area contributed by atoms with Crippen LogP contribution in [0.5, 0.6) is 11.5 Å². The van der Waals surface area contributed by atoms with Crippen molar-refractivity contribution in [1.82, 2.24) is 0 Å². The molecule has 0 saturated heterocycles. The van der Waals surface area contributed by atoms with Crippen molar-refractivity contribution in [3.05, 3.63) is 64.9 Å². The van der Waals surface area contributed by atoms with Crippen molar-refractivity contribution < 1.29 is 33.5 Å². The van der Waals surface area contributed by atoms with E-state index in [1.54, 1.807) is 7.11 Å². The highest BCUT2D eigenvalue weighted by Gasteiger charge is 2.39. The molecule has 2 aliphatic carbocycles. The van der Waals surface area contributed by atoms with Gasteiger partial charge in [-0.3, -0.25) is 10.0 Å². The Morgan fingerprint density at radius 2 is 1.70 bits per heavy atom. The van der Waals surface area contributed by atoms with Crippen molar-refractivity contribution >= 4 is 11.7 Å². The minimum absolute atomic E-state index is 0.0380. The van der Waals surface area contributed by atoms with Crippen LogP contribution in [0, 0.1) is 5.21 Å². The molecular formula is C32H41NO7. The second kappa shape index (κ2) is 13.4. The largest absolute Gasteiger partial charge is 0.493 e. The minimum Gasteiger partial charge on any atom is -0.493 e. The highest BCUT2D eigenvalue weighted by atomic mass is 16.9. The van der Waals surface area contributed by atoms with Gasteiger partial charge in [0.15, 0.2) is 17.8 Å². The van der Waals surface area contributed by atoms with Crippen LogP contribution < -0.4 is 9.47 Å². The molecule has 2 aromatic carbocycles. The maximum Gasteiger partial charge on any atom is 0.306 e. The second-order valence-corrected chi connectivity index (χ2v) is 11.1. The lowest BCUT2D eigenvalue weighted by Crippen LogP contribution is -2.41. The van der Waals surface area contributed by atoms with Crippen molar-refractivity contribution in [3.8, 4) is 11.5 Å². The third kappa shape index (κ3) is 6.72. The molecule has 0 unspecified atom stereocenters. The smallest absolute Gasteiger partial charge is 0.306 e. The van der Waals surface area contributed by atoms with E-state index in [4.69, 9.17) is 23.8 Å². The molecule has 2 fully saturated rings. The SMILES string of the molecule is COC(=O)CCC1=[N+]([O-])O[C@@H](O[C@H]2CCCC[C@@H]2c2ccccc2)C[C@@H]1c1ccc(OC)c(OC2CCCC2)c1. The van der Waals surface area contributed by atoms with Crippen LogP contribution in [0.15, 0.2) is 48.5 Å². The number of methoxy groups -OCH3 is 2. The van der Waals surface area contributed by atoms with Crippen LogP contribution in [0.4, 0.5) is 0 Å². The number of benzene rings is 2. The Kier molecular flexibility index (Phi) is 9.47. The lowest BCUT2D eigenvalue weighted by Gasteiger charge is -2.38. The molecule has 4 atom stereocenters. The summed E-state index contributed by atoms with van der Waals surface area (Å²) in [4.78, 5) is 18.3. The van der Waals surface area contributed by atoms with Crippen molar-refractivity contribution in [2.45, 2.75) is 101 Å². The lowest BCUT2D eigenvalue weighted by atomic mass is 9.81. The Hall–Kier alpha value is -3.26. The van der Waals surface area contributed by atoms with E-state index in [1.165, 1.54) is 12.7 Å². The molecule has 8 heteroatoms. The Morgan fingerprint density at radius 3 is 2.45 bits per heavy atom. The first kappa shape index (κ1) is 28.3. The highest BCUT2D eigenvalue weighted by Crippen LogP contribution is 2.40. The van der Waals surface area contributed by atoms with Gasteiger partial charge >= 0.3 is 5.97 Å². The average molecular weight is 552 g/mol. The summed E-state index contributed by atoms with van der Waals surface area (Å²) in [5, 5.41) is 13.3. The number of hydrogen-bond acceptors (Lipinski definition) is 7. The molecule has 5 rings (SSSR count). The molecule has 0 spiro atoms. The fraction of sp³-hybridized carbons (Fsp3) is 0.562. The van der Waals surface area contributed by atoms with Gasteiger partial charge in [-0.2, -0.15) is 0 Å². The van der Waals surface area contributed by atoms with Crippen molar-refractivity contribution in [3.63, 3.8) is 0 Å². The molecule has 0 aromatic heterocycles. The zero-order valence-electron chi connectivity index (χ0n) is 23.6. The molecule has 0 bridgehead atoms. The van der Waals surface area contributed by atoms with Crippen LogP contribution in [0.3, 0.4) is 0 Å². The van der Waals surface area contributed by atoms with E-state index in [0.717, 1.165) is 56.9 Å². The lowest BCUT2D eigenvalue weighted by molar-refractivity contribution is -0.773. The topological polar surface area (TPSA) is 89.3 Å². The predicted octanol–water partition coefficient (Wildman–Crippen LogP) is 6.41. The van der Waals surface area contributed by atoms with Crippen molar-refractivity contribution in [2.24, 2.45) is 0 Å². The van der Waals surface area contributed by atoms with Crippen LogP contribution >= 0.6 is 0 Å². The fourth-order valence-electron chi connectivity index (χ4n) is 6.40. The maximum atomic E-state index is 13.3. The van der Waals surface area contributed by atoms with Crippen LogP contribution in [0.1, 0.15) is 93.6 Å². The number of nitrogens with zero attached hydrogens (tertiary/aromatic N) is 1. The molecule has 216 valence electrons. The highest BCUT2D eigenvalue weighted by molar-refractivity contribution is 5.89. The molecular weight excluding hydrogens is 510 g/mol. The van der Waals surface area contributed by atoms with E-state index in [2.05, 4.69) is 24.3 Å². The van der Waals surface area contributed by atoms with Gasteiger partial charge in [0.05, 0.1) is 38.8 Å². The average Bonchev–Trinajstić information content (AvgIpc) is 3.50. The molecule has 1 aliphatic heterocycles. The molecule has 0 radical (unpaired) electrons. The third-order valence-electron chi connectivity index (χ3n) is 8.53. The van der Waals surface area contributed by atoms with E-state index in [9.17, 15) is 10.0 Å². The Bertz CT molecular complexity index is 1160. The van der Waals surface area contributed by atoms with E-state index >= 15 is 0 Å². The summed E-state index contributed by atoms with van der Waals surface area (Å²) in [6.45, 7) is 0. The quantitative estimate of drug-likeness (QED) is 0.249. The standard InChI is InChI=1S/C32H41NO7/c1-36-29-18-16-23(20-30(29)38-24-12-6-7-13-24)26-21-32(40-33(35)27(26)17-19-31(34)37-2)39-28-15-9-8-14-25(28)22-10-4-3-5-11-22/h3-5,10-11,16,18,20,24-26,28,32H,6-9,12-15,17,19,21H2,1-2H3/t25-,26-,28+,32-/m1/s1. The predicted molar refractivity (Wildman–Crippen MR) is 151 cm³/mol. The van der Waals surface area contributed by atoms with E-state index in [1.807, 2.05) is 24.3 Å². The van der Waals surface area contributed by atoms with Gasteiger partial charge in [-0.05, 0) is 61.8 Å². The summed E-state index contributed by atoms with van der Waals surface area (Å²) in [7, 11) is 2.99. The van der Waals surface area contributed by atoms with Gasteiger partial charge in [0.1, 0.15) is 0 Å². The molecule has 2 aromatic rings. The summed E-state index contributed by atoms with van der Waals surface area (Å²) in [6.07, 6.45) is 8.77. The van der Waals surface area contributed by atoms with E-state index < -0.39 is 6.29 Å². The van der Waals surface area contributed by atoms with Crippen LogP contribution in [-0.2, 0) is 19.1 Å². The fourth-order valence-corrected chi connectivity index (χ4v) is 6.40. The van der Waals surface area contributed by atoms with E-state index in [-0.39, 0.29) is 42.9 Å². The number of hydrogen-bond donors (Lipinski definition) is 0. The molecule has 3 aliphatic rings. The van der Waals surface area contributed by atoms with Crippen LogP contribution in [0.25, 0.3) is 0 Å². The number of rotatable bonds is 10. The number of ether oxygens (including phenoxy) is 4. The first-order chi connectivity index (χ1) is 19.6. The summed E-state index contributed by atoms with van der Waals surface area (Å²) < 4.78 is 23.4. The van der Waals surface area contributed by atoms with Crippen LogP contribution in [-0.4, -0.2) is 49.3 Å². The van der Waals surface area contributed by atoms with Crippen molar-refractivity contribution in [1.29, 1.82) is 0 Å². The molecule has 2 saturated carbocycles. The zero-order valence-corrected chi connectivity index (χ0v) is 23.6. The Labute approximate surface area is 236 Å². The van der Waals surface area contributed by atoms with E-state index in [0.29, 0.717) is 28.5 Å². The van der Waals surface area contributed by atoms with Gasteiger partial charge in [-0.1, -0.05) is 49.2 Å². The summed E-state index contributed by atoms with van der Waals surface area (Å²) >= 11 is 0. The first-order valence-corrected chi connectivity index (χ1v) is 14.7. The molecule has 0 amide bonds. The summed E-state index contributed by atoms with van der Waals surface area (Å²) in [5.41, 5.74) is 2.65. The van der Waals surface area contributed by atoms with Gasteiger partial charge in [0.2, 0.25) is 5.71 Å². The monoisotopic (exact) mass is 551 g/mol. The van der Waals surface area contributed by atoms with Gasteiger partial charge in [0, 0.05) is 23.7 Å². The maximum absolute atomic E-state index is 13.3. The second-order valence-electron chi connectivity index (χ2n) is 11.1. The van der Waals surface area contributed by atoms with Crippen LogP contribution in [0.2, 0.25) is 0 Å². The normalized spacial score (nSPS) is 25.4. The molecule has 40 heavy (non-hydrogen) atoms. The molecule has 0 N–H and O–H groups in total. The molecule has 1 heterocycles. The summed E-state index contributed by atoms with van der Waals surface area (Å²) in [6, 6.07) is 16.3. The van der Waals surface area contributed by atoms with Gasteiger partial charge in [-0.25, -0.2) is 0 Å². The third-order valence-corrected chi connectivity index (χ3v) is 8.53. The zero-order chi connectivity index (χ0) is 27.9. The number of carbonyl (C=O) groups is 1. The van der Waals surface area contributed by atoms with Gasteiger partial charge in [0.25, 0.3) is 0 Å². The number of esters is 1. The first-order valence-electron chi connectivity index (χ1n) is 14.7. The van der Waals surface area contributed by atoms with Gasteiger partial charge in [-0.15, -0.1) is 0 Å². The van der Waals surface area contributed by atoms with Gasteiger partial charge < -0.3 is 23.8 Å². The van der Waals surface area contributed by atoms with Crippen molar-refractivity contribution in [2.75, 3.05) is 14.2 Å². The Balaban J connectivity index is 1.41.